The normalized spacial score (nSPS) is 12.7. The van der Waals surface area contributed by atoms with Gasteiger partial charge in [-0.25, -0.2) is 8.78 Å². The molecule has 0 fully saturated rings. The molecule has 0 bridgehead atoms. The number of carbonyl (C=O) groups is 1. The van der Waals surface area contributed by atoms with E-state index in [1.54, 1.807) is 26.8 Å². The zero-order chi connectivity index (χ0) is 15.5. The summed E-state index contributed by atoms with van der Waals surface area (Å²) in [6.07, 6.45) is 0.234. The third kappa shape index (κ3) is 4.28. The minimum atomic E-state index is -1.09. The van der Waals surface area contributed by atoms with Gasteiger partial charge in [0.05, 0.1) is 17.2 Å². The van der Waals surface area contributed by atoms with Gasteiger partial charge in [0.25, 0.3) is 5.91 Å². The lowest BCUT2D eigenvalue weighted by atomic mass is 10.00. The molecule has 20 heavy (non-hydrogen) atoms. The van der Waals surface area contributed by atoms with Gasteiger partial charge in [0.15, 0.2) is 0 Å². The summed E-state index contributed by atoms with van der Waals surface area (Å²) < 4.78 is 27.3. The average molecular weight is 282 g/mol. The van der Waals surface area contributed by atoms with Crippen LogP contribution in [0.1, 0.15) is 43.1 Å². The fourth-order valence-corrected chi connectivity index (χ4v) is 1.95. The van der Waals surface area contributed by atoms with E-state index in [-0.39, 0.29) is 12.0 Å². The molecule has 1 atom stereocenters. The monoisotopic (exact) mass is 282 g/mol. The van der Waals surface area contributed by atoms with Gasteiger partial charge < -0.3 is 10.4 Å². The van der Waals surface area contributed by atoms with Gasteiger partial charge in [-0.05, 0) is 39.3 Å². The van der Waals surface area contributed by atoms with Crippen molar-refractivity contribution < 1.29 is 18.7 Å². The predicted molar refractivity (Wildman–Crippen MR) is 68.9 cm³/mol. The number of nitrogens with one attached hydrogen (secondary N) is 1. The lowest BCUT2D eigenvalue weighted by molar-refractivity contribution is 0.0592. The second kappa shape index (κ2) is 5.97. The molecule has 0 aliphatic rings. The largest absolute Gasteiger partial charge is 0.390 e. The van der Waals surface area contributed by atoms with Gasteiger partial charge >= 0.3 is 0 Å². The second-order valence-electron chi connectivity index (χ2n) is 5.32. The number of rotatable bonds is 4. The van der Waals surface area contributed by atoms with Crippen molar-refractivity contribution in [2.24, 2.45) is 0 Å². The van der Waals surface area contributed by atoms with Crippen LogP contribution in [0.25, 0.3) is 0 Å². The van der Waals surface area contributed by atoms with E-state index < -0.39 is 34.7 Å². The van der Waals surface area contributed by atoms with Gasteiger partial charge in [-0.3, -0.25) is 4.79 Å². The predicted octanol–water partition coefficient (Wildman–Crippen LogP) is 2.12. The van der Waals surface area contributed by atoms with Crippen LogP contribution in [0.3, 0.4) is 0 Å². The molecule has 4 nitrogen and oxygen atoms in total. The third-order valence-electron chi connectivity index (χ3n) is 2.58. The summed E-state index contributed by atoms with van der Waals surface area (Å²) >= 11 is 0. The zero-order valence-corrected chi connectivity index (χ0v) is 11.5. The number of nitrogens with zero attached hydrogens (tertiary/aromatic N) is 1. The van der Waals surface area contributed by atoms with Crippen molar-refractivity contribution in [2.45, 2.75) is 38.8 Å². The molecule has 0 saturated carbocycles. The Kier molecular flexibility index (Phi) is 4.79. The van der Waals surface area contributed by atoms with Gasteiger partial charge in [-0.15, -0.1) is 0 Å². The van der Waals surface area contributed by atoms with Crippen LogP contribution in [0, 0.1) is 23.0 Å². The highest BCUT2D eigenvalue weighted by atomic mass is 19.1. The molecular weight excluding hydrogens is 266 g/mol. The number of aliphatic hydroxyl groups is 1. The maximum Gasteiger partial charge on any atom is 0.257 e. The Labute approximate surface area is 116 Å². The molecule has 6 heteroatoms. The van der Waals surface area contributed by atoms with Gasteiger partial charge in [-0.2, -0.15) is 5.26 Å². The maximum absolute atomic E-state index is 13.6. The number of halogens is 2. The molecule has 0 saturated heterocycles. The van der Waals surface area contributed by atoms with Crippen LogP contribution < -0.4 is 5.32 Å². The molecule has 0 radical (unpaired) electrons. The molecule has 1 unspecified atom stereocenters. The summed E-state index contributed by atoms with van der Waals surface area (Å²) in [5, 5.41) is 20.6. The summed E-state index contributed by atoms with van der Waals surface area (Å²) in [7, 11) is 0. The molecule has 0 heterocycles. The van der Waals surface area contributed by atoms with E-state index in [0.717, 1.165) is 12.1 Å². The maximum atomic E-state index is 13.6. The van der Waals surface area contributed by atoms with Crippen LogP contribution in [0.15, 0.2) is 12.1 Å². The van der Waals surface area contributed by atoms with Crippen molar-refractivity contribution >= 4 is 5.91 Å². The van der Waals surface area contributed by atoms with E-state index in [0.29, 0.717) is 0 Å². The molecule has 1 aromatic rings. The molecule has 2 N–H and O–H groups in total. The van der Waals surface area contributed by atoms with E-state index in [9.17, 15) is 18.7 Å². The molecule has 0 aliphatic carbocycles. The quantitative estimate of drug-likeness (QED) is 0.888. The number of nitriles is 1. The van der Waals surface area contributed by atoms with Crippen LogP contribution in [-0.2, 0) is 0 Å². The minimum Gasteiger partial charge on any atom is -0.390 e. The zero-order valence-electron chi connectivity index (χ0n) is 11.5. The Morgan fingerprint density at radius 3 is 2.35 bits per heavy atom. The van der Waals surface area contributed by atoms with Crippen molar-refractivity contribution in [3.8, 4) is 6.07 Å². The molecule has 0 aliphatic heterocycles. The first-order valence-corrected chi connectivity index (χ1v) is 6.06. The standard InChI is InChI=1S/C14H16F2N2O2/c1-8(6-14(2,3)20)18-13(19)12-10(15)4-9(7-17)5-11(12)16/h4-5,8,20H,6H2,1-3H3,(H,18,19). The number of amides is 1. The Bertz CT molecular complexity index is 536. The Hall–Kier alpha value is -2.00. The lowest BCUT2D eigenvalue weighted by Crippen LogP contribution is -2.38. The highest BCUT2D eigenvalue weighted by molar-refractivity contribution is 5.95. The minimum absolute atomic E-state index is 0.193. The Morgan fingerprint density at radius 1 is 1.45 bits per heavy atom. The number of carbonyl (C=O) groups excluding carboxylic acids is 1. The van der Waals surface area contributed by atoms with Crippen LogP contribution in [0.2, 0.25) is 0 Å². The van der Waals surface area contributed by atoms with E-state index in [4.69, 9.17) is 5.26 Å². The van der Waals surface area contributed by atoms with Gasteiger partial charge in [-0.1, -0.05) is 0 Å². The molecule has 1 amide bonds. The van der Waals surface area contributed by atoms with Crippen molar-refractivity contribution in [1.29, 1.82) is 5.26 Å². The topological polar surface area (TPSA) is 73.1 Å². The molecule has 108 valence electrons. The van der Waals surface area contributed by atoms with E-state index in [2.05, 4.69) is 5.32 Å². The fourth-order valence-electron chi connectivity index (χ4n) is 1.95. The molecule has 0 aromatic heterocycles. The van der Waals surface area contributed by atoms with E-state index >= 15 is 0 Å². The summed E-state index contributed by atoms with van der Waals surface area (Å²) in [5.41, 5.74) is -1.93. The highest BCUT2D eigenvalue weighted by Crippen LogP contribution is 2.16. The number of hydrogen-bond acceptors (Lipinski definition) is 3. The van der Waals surface area contributed by atoms with Crippen LogP contribution in [-0.4, -0.2) is 22.7 Å². The van der Waals surface area contributed by atoms with E-state index in [1.807, 2.05) is 0 Å². The van der Waals surface area contributed by atoms with Crippen molar-refractivity contribution in [1.82, 2.24) is 5.32 Å². The SMILES string of the molecule is CC(CC(C)(C)O)NC(=O)c1c(F)cc(C#N)cc1F. The van der Waals surface area contributed by atoms with E-state index in [1.165, 1.54) is 0 Å². The molecular formula is C14H16F2N2O2. The van der Waals surface area contributed by atoms with Crippen LogP contribution >= 0.6 is 0 Å². The summed E-state index contributed by atoms with van der Waals surface area (Å²) in [4.78, 5) is 11.8. The Morgan fingerprint density at radius 2 is 1.95 bits per heavy atom. The first-order chi connectivity index (χ1) is 9.14. The summed E-state index contributed by atoms with van der Waals surface area (Å²) in [6.45, 7) is 4.76. The molecule has 1 aromatic carbocycles. The highest BCUT2D eigenvalue weighted by Gasteiger charge is 2.23. The average Bonchev–Trinajstić information content (AvgIpc) is 2.24. The van der Waals surface area contributed by atoms with Gasteiger partial charge in [0.2, 0.25) is 0 Å². The third-order valence-corrected chi connectivity index (χ3v) is 2.58. The summed E-state index contributed by atoms with van der Waals surface area (Å²) in [6, 6.07) is 2.75. The van der Waals surface area contributed by atoms with Crippen molar-refractivity contribution in [3.05, 3.63) is 34.9 Å². The van der Waals surface area contributed by atoms with Crippen LogP contribution in [0.4, 0.5) is 8.78 Å². The smallest absolute Gasteiger partial charge is 0.257 e. The lowest BCUT2D eigenvalue weighted by Gasteiger charge is -2.23. The molecule has 1 rings (SSSR count). The Balaban J connectivity index is 2.92. The molecule has 0 spiro atoms. The fraction of sp³-hybridized carbons (Fsp3) is 0.429. The first-order valence-electron chi connectivity index (χ1n) is 6.06. The first kappa shape index (κ1) is 16.1. The van der Waals surface area contributed by atoms with Crippen molar-refractivity contribution in [2.75, 3.05) is 0 Å². The number of hydrogen-bond donors (Lipinski definition) is 2. The van der Waals surface area contributed by atoms with Gasteiger partial charge in [0, 0.05) is 6.04 Å². The summed E-state index contributed by atoms with van der Waals surface area (Å²) in [5.74, 6) is -3.09. The van der Waals surface area contributed by atoms with Gasteiger partial charge in [0.1, 0.15) is 17.2 Å². The van der Waals surface area contributed by atoms with Crippen molar-refractivity contribution in [3.63, 3.8) is 0 Å². The second-order valence-corrected chi connectivity index (χ2v) is 5.32. The van der Waals surface area contributed by atoms with Crippen LogP contribution in [0.5, 0.6) is 0 Å². The number of benzene rings is 1.